The molecule has 0 aromatic heterocycles. The number of rotatable bonds is 10. The van der Waals surface area contributed by atoms with Crippen molar-refractivity contribution in [2.45, 2.75) is 51.8 Å². The summed E-state index contributed by atoms with van der Waals surface area (Å²) in [6.07, 6.45) is 0. The van der Waals surface area contributed by atoms with E-state index in [0.717, 1.165) is 0 Å². The van der Waals surface area contributed by atoms with E-state index in [0.29, 0.717) is 0 Å². The number of halogens is 3. The van der Waals surface area contributed by atoms with Crippen LogP contribution in [-0.2, 0) is 20.4 Å². The second-order valence-electron chi connectivity index (χ2n) is 15.7. The average molecular weight is 834 g/mol. The number of allylic oxidation sites excluding steroid dienone is 4. The zero-order valence-electron chi connectivity index (χ0n) is 35.8. The third kappa shape index (κ3) is 7.40. The van der Waals surface area contributed by atoms with Crippen molar-refractivity contribution in [3.8, 4) is 0 Å². The van der Waals surface area contributed by atoms with Crippen LogP contribution < -0.4 is 82.2 Å². The second kappa shape index (κ2) is 17.7. The molecular formula is C42H63Cl3N6SiTi. The first-order valence-electron chi connectivity index (χ1n) is 17.7. The molecule has 0 spiro atoms. The van der Waals surface area contributed by atoms with Gasteiger partial charge in [0, 0.05) is 0 Å². The van der Waals surface area contributed by atoms with Gasteiger partial charge in [0.05, 0.1) is 0 Å². The second-order valence-corrected chi connectivity index (χ2v) is 21.4. The Labute approximate surface area is 354 Å². The number of hydrogen-bond acceptors (Lipinski definition) is 6. The van der Waals surface area contributed by atoms with Gasteiger partial charge in [-0.05, 0) is 0 Å². The van der Waals surface area contributed by atoms with Crippen molar-refractivity contribution in [2.24, 2.45) is 0 Å². The fraction of sp³-hybridized carbons (Fsp3) is 0.476. The molecule has 0 N–H and O–H groups in total. The number of hydrogen-bond donors (Lipinski definition) is 0. The first-order valence-corrected chi connectivity index (χ1v) is 20.5. The molecule has 4 rings (SSSR count). The van der Waals surface area contributed by atoms with E-state index in [2.05, 4.69) is 219 Å². The van der Waals surface area contributed by atoms with Gasteiger partial charge in [0.25, 0.3) is 0 Å². The SMILES string of the molecule is CC1=C(C)[C]([Ti+3])([Si](c2c(N(C)C)ccc(C)c2N(C)C)(c2c(N(C)C)ccc(C)c2N(C)C)c2c(N(C)C)ccc(C)c2N(C)C)C(C)=C1C.[Cl-].[Cl-].[Cl-]. The molecule has 0 unspecified atom stereocenters. The fourth-order valence-corrected chi connectivity index (χ4v) is 19.0. The molecule has 0 fully saturated rings. The van der Waals surface area contributed by atoms with E-state index >= 15 is 0 Å². The maximum Gasteiger partial charge on any atom is -1.00 e. The summed E-state index contributed by atoms with van der Waals surface area (Å²) >= 11 is 2.62. The van der Waals surface area contributed by atoms with Crippen LogP contribution in [0.3, 0.4) is 0 Å². The van der Waals surface area contributed by atoms with Crippen LogP contribution >= 0.6 is 0 Å². The Bertz CT molecular complexity index is 1690. The molecular weight excluding hydrogens is 771 g/mol. The number of anilines is 6. The first-order chi connectivity index (χ1) is 23.1. The molecule has 0 aliphatic heterocycles. The molecule has 0 radical (unpaired) electrons. The predicted octanol–water partition coefficient (Wildman–Crippen LogP) is -2.58. The minimum atomic E-state index is -3.43. The van der Waals surface area contributed by atoms with Crippen molar-refractivity contribution < 1.29 is 57.7 Å². The van der Waals surface area contributed by atoms with Crippen LogP contribution in [-0.4, -0.2) is 92.6 Å². The summed E-state index contributed by atoms with van der Waals surface area (Å²) in [6, 6.07) is 14.2. The molecule has 3 aromatic carbocycles. The summed E-state index contributed by atoms with van der Waals surface area (Å²) in [6.45, 7) is 16.5. The molecule has 0 bridgehead atoms. The van der Waals surface area contributed by atoms with Crippen LogP contribution in [0.4, 0.5) is 34.1 Å². The third-order valence-electron chi connectivity index (χ3n) is 11.4. The molecule has 1 aliphatic rings. The molecule has 11 heteroatoms. The van der Waals surface area contributed by atoms with Crippen molar-refractivity contribution in [2.75, 3.05) is 114 Å². The van der Waals surface area contributed by atoms with E-state index in [1.807, 2.05) is 0 Å². The largest absolute Gasteiger partial charge is 1.00 e. The van der Waals surface area contributed by atoms with Crippen molar-refractivity contribution in [1.82, 2.24) is 0 Å². The maximum atomic E-state index is 2.62. The molecule has 6 nitrogen and oxygen atoms in total. The summed E-state index contributed by atoms with van der Waals surface area (Å²) in [7, 11) is 23.4. The average Bonchev–Trinajstić information content (AvgIpc) is 3.16. The van der Waals surface area contributed by atoms with Crippen LogP contribution in [0.25, 0.3) is 0 Å². The van der Waals surface area contributed by atoms with E-state index in [1.54, 1.807) is 0 Å². The van der Waals surface area contributed by atoms with Crippen LogP contribution in [0.15, 0.2) is 58.7 Å². The van der Waals surface area contributed by atoms with E-state index in [-0.39, 0.29) is 40.6 Å². The van der Waals surface area contributed by atoms with Gasteiger partial charge in [0.1, 0.15) is 0 Å². The van der Waals surface area contributed by atoms with E-state index in [1.165, 1.54) is 88.7 Å². The van der Waals surface area contributed by atoms with Gasteiger partial charge in [-0.1, -0.05) is 0 Å². The Hall–Kier alpha value is -2.26. The van der Waals surface area contributed by atoms with Gasteiger partial charge in [-0.2, -0.15) is 0 Å². The molecule has 53 heavy (non-hydrogen) atoms. The number of benzene rings is 3. The Morgan fingerprint density at radius 1 is 0.396 bits per heavy atom. The zero-order chi connectivity index (χ0) is 37.9. The molecule has 3 aromatic rings. The summed E-state index contributed by atoms with van der Waals surface area (Å²) in [5, 5.41) is 4.39. The van der Waals surface area contributed by atoms with Crippen LogP contribution in [0.2, 0.25) is 3.34 Å². The summed E-state index contributed by atoms with van der Waals surface area (Å²) in [5.74, 6) is 0. The Morgan fingerprint density at radius 3 is 0.811 bits per heavy atom. The van der Waals surface area contributed by atoms with E-state index in [4.69, 9.17) is 0 Å². The van der Waals surface area contributed by atoms with Crippen LogP contribution in [0.1, 0.15) is 44.4 Å². The Kier molecular flexibility index (Phi) is 16.3. The molecule has 0 heterocycles. The van der Waals surface area contributed by atoms with Gasteiger partial charge in [0.2, 0.25) is 0 Å². The molecule has 0 saturated carbocycles. The minimum Gasteiger partial charge on any atom is -1.00 e. The summed E-state index contributed by atoms with van der Waals surface area (Å²) < 4.78 is -0.350. The third-order valence-corrected chi connectivity index (χ3v) is 19.9. The number of aryl methyl sites for hydroxylation is 3. The molecule has 1 aliphatic carbocycles. The van der Waals surface area contributed by atoms with Gasteiger partial charge in [-0.15, -0.1) is 0 Å². The maximum absolute atomic E-state index is 3.43. The monoisotopic (exact) mass is 832 g/mol. The van der Waals surface area contributed by atoms with Crippen LogP contribution in [0.5, 0.6) is 0 Å². The molecule has 290 valence electrons. The molecule has 0 saturated heterocycles. The van der Waals surface area contributed by atoms with E-state index < -0.39 is 8.07 Å². The fourth-order valence-electron chi connectivity index (χ4n) is 8.92. The standard InChI is InChI=1S/C42H63N6Si.3ClH.Ti/c1-26-20-23-33(43(8)9)40(36(26)46(14)15)49(39-31(6)29(4)30(5)32(39)7,41-34(44(10)11)24-21-27(2)37(41)47(16)17)42-35(45(12)13)25-22-28(3)38(42)48(18)19;;;;/h20-25H,1-19H3;3*1H;/q;;;;+3/p-3. The smallest absolute Gasteiger partial charge is 1.00 e. The topological polar surface area (TPSA) is 19.4 Å². The predicted molar refractivity (Wildman–Crippen MR) is 224 cm³/mol. The Balaban J connectivity index is 0.00000468. The van der Waals surface area contributed by atoms with Gasteiger partial charge in [-0.3, -0.25) is 0 Å². The van der Waals surface area contributed by atoms with Crippen molar-refractivity contribution in [3.05, 3.63) is 75.4 Å². The Morgan fingerprint density at radius 2 is 0.623 bits per heavy atom. The molecule has 0 amide bonds. The minimum absolute atomic E-state index is 0. The van der Waals surface area contributed by atoms with Gasteiger partial charge < -0.3 is 37.2 Å². The quantitative estimate of drug-likeness (QED) is 0.164. The zero-order valence-corrected chi connectivity index (χ0v) is 40.6. The van der Waals surface area contributed by atoms with E-state index in [9.17, 15) is 0 Å². The summed E-state index contributed by atoms with van der Waals surface area (Å²) in [4.78, 5) is 14.3. The van der Waals surface area contributed by atoms with Crippen molar-refractivity contribution >= 4 is 57.8 Å². The van der Waals surface area contributed by atoms with Crippen LogP contribution in [0, 0.1) is 20.8 Å². The summed E-state index contributed by atoms with van der Waals surface area (Å²) in [5.41, 5.74) is 17.5. The normalized spacial score (nSPS) is 13.6. The number of nitrogens with zero attached hydrogens (tertiary/aromatic N) is 6. The van der Waals surface area contributed by atoms with Gasteiger partial charge in [0.15, 0.2) is 0 Å². The van der Waals surface area contributed by atoms with Crippen molar-refractivity contribution in [1.29, 1.82) is 0 Å². The van der Waals surface area contributed by atoms with Gasteiger partial charge in [-0.25, -0.2) is 0 Å². The first kappa shape index (κ1) is 48.8. The van der Waals surface area contributed by atoms with Crippen molar-refractivity contribution in [3.63, 3.8) is 0 Å². The molecule has 0 atom stereocenters. The van der Waals surface area contributed by atoms with Gasteiger partial charge >= 0.3 is 319 Å².